The Hall–Kier alpha value is -2.44. The lowest BCUT2D eigenvalue weighted by atomic mass is 10.1. The number of tetrazole rings is 1. The summed E-state index contributed by atoms with van der Waals surface area (Å²) >= 11 is 0. The second-order valence-electron chi connectivity index (χ2n) is 4.69. The molecule has 1 saturated carbocycles. The normalized spacial score (nSPS) is 16.0. The lowest BCUT2D eigenvalue weighted by molar-refractivity contribution is -0.142. The van der Waals surface area contributed by atoms with Crippen LogP contribution in [0.2, 0.25) is 0 Å². The number of carboxylic acids is 1. The van der Waals surface area contributed by atoms with E-state index < -0.39 is 11.4 Å². The zero-order chi connectivity index (χ0) is 13.3. The Kier molecular flexibility index (Phi) is 2.66. The molecule has 3 rings (SSSR count). The number of aliphatic carboxylic acids is 1. The molecule has 1 aromatic heterocycles. The fourth-order valence-electron chi connectivity index (χ4n) is 1.91. The molecule has 1 fully saturated rings. The Morgan fingerprint density at radius 3 is 2.74 bits per heavy atom. The standard InChI is InChI=1S/C12H13N5O2/c18-10(19)12(6-7-12)8-13-11-14-15-16-17(11)9-4-2-1-3-5-9/h1-5H,6-8H2,(H,18,19)(H,13,14,16). The molecular weight excluding hydrogens is 246 g/mol. The maximum absolute atomic E-state index is 11.1. The number of hydrogen-bond donors (Lipinski definition) is 2. The lowest BCUT2D eigenvalue weighted by Crippen LogP contribution is -2.25. The quantitative estimate of drug-likeness (QED) is 0.830. The van der Waals surface area contributed by atoms with Crippen molar-refractivity contribution in [1.82, 2.24) is 20.2 Å². The molecule has 2 aromatic rings. The lowest BCUT2D eigenvalue weighted by Gasteiger charge is -2.11. The summed E-state index contributed by atoms with van der Waals surface area (Å²) in [6.45, 7) is 0.343. The van der Waals surface area contributed by atoms with Gasteiger partial charge in [0.05, 0.1) is 11.1 Å². The maximum atomic E-state index is 11.1. The van der Waals surface area contributed by atoms with E-state index in [1.54, 1.807) is 4.68 Å². The van der Waals surface area contributed by atoms with Gasteiger partial charge in [0, 0.05) is 6.54 Å². The number of carbonyl (C=O) groups is 1. The van der Waals surface area contributed by atoms with E-state index in [1.165, 1.54) is 0 Å². The Labute approximate surface area is 109 Å². The van der Waals surface area contributed by atoms with E-state index in [4.69, 9.17) is 5.11 Å². The first-order valence-electron chi connectivity index (χ1n) is 6.02. The Morgan fingerprint density at radius 2 is 2.11 bits per heavy atom. The van der Waals surface area contributed by atoms with Crippen LogP contribution in [-0.4, -0.2) is 37.8 Å². The molecule has 0 amide bonds. The highest BCUT2D eigenvalue weighted by atomic mass is 16.4. The number of aromatic nitrogens is 4. The number of hydrogen-bond acceptors (Lipinski definition) is 5. The molecule has 2 N–H and O–H groups in total. The van der Waals surface area contributed by atoms with E-state index in [9.17, 15) is 4.79 Å². The van der Waals surface area contributed by atoms with Crippen LogP contribution >= 0.6 is 0 Å². The van der Waals surface area contributed by atoms with Crippen molar-refractivity contribution in [3.05, 3.63) is 30.3 Å². The van der Waals surface area contributed by atoms with Gasteiger partial charge in [-0.05, 0) is 35.4 Å². The first kappa shape index (κ1) is 11.6. The van der Waals surface area contributed by atoms with Crippen molar-refractivity contribution in [2.45, 2.75) is 12.8 Å². The van der Waals surface area contributed by atoms with Crippen molar-refractivity contribution in [2.24, 2.45) is 5.41 Å². The van der Waals surface area contributed by atoms with E-state index >= 15 is 0 Å². The van der Waals surface area contributed by atoms with Crippen LogP contribution in [0.25, 0.3) is 5.69 Å². The van der Waals surface area contributed by atoms with Crippen molar-refractivity contribution in [1.29, 1.82) is 0 Å². The van der Waals surface area contributed by atoms with Crippen LogP contribution in [0.5, 0.6) is 0 Å². The van der Waals surface area contributed by atoms with E-state index in [0.29, 0.717) is 25.3 Å². The van der Waals surface area contributed by atoms with Gasteiger partial charge in [-0.15, -0.1) is 0 Å². The number of carboxylic acid groups (broad SMARTS) is 1. The summed E-state index contributed by atoms with van der Waals surface area (Å²) in [6, 6.07) is 9.45. The SMILES string of the molecule is O=C(O)C1(CNc2nnnn2-c2ccccc2)CC1. The van der Waals surface area contributed by atoms with Gasteiger partial charge in [0.2, 0.25) is 5.95 Å². The summed E-state index contributed by atoms with van der Waals surface area (Å²) in [4.78, 5) is 11.1. The van der Waals surface area contributed by atoms with Gasteiger partial charge in [0.25, 0.3) is 0 Å². The number of benzene rings is 1. The van der Waals surface area contributed by atoms with Crippen molar-refractivity contribution in [2.75, 3.05) is 11.9 Å². The van der Waals surface area contributed by atoms with E-state index in [1.807, 2.05) is 30.3 Å². The van der Waals surface area contributed by atoms with Gasteiger partial charge >= 0.3 is 5.97 Å². The van der Waals surface area contributed by atoms with Crippen LogP contribution in [0.4, 0.5) is 5.95 Å². The molecule has 0 atom stereocenters. The molecule has 0 unspecified atom stereocenters. The molecule has 0 aliphatic heterocycles. The summed E-state index contributed by atoms with van der Waals surface area (Å²) in [6.07, 6.45) is 1.39. The molecule has 19 heavy (non-hydrogen) atoms. The van der Waals surface area contributed by atoms with Crippen LogP contribution in [0.3, 0.4) is 0 Å². The number of anilines is 1. The summed E-state index contributed by atoms with van der Waals surface area (Å²) in [5, 5.41) is 23.5. The van der Waals surface area contributed by atoms with E-state index in [0.717, 1.165) is 5.69 Å². The summed E-state index contributed by atoms with van der Waals surface area (Å²) in [5.74, 6) is -0.308. The fraction of sp³-hybridized carbons (Fsp3) is 0.333. The van der Waals surface area contributed by atoms with Crippen molar-refractivity contribution < 1.29 is 9.90 Å². The molecule has 1 aliphatic carbocycles. The first-order chi connectivity index (χ1) is 9.21. The molecule has 1 aromatic carbocycles. The number of rotatable bonds is 5. The smallest absolute Gasteiger partial charge is 0.311 e. The Bertz CT molecular complexity index is 591. The zero-order valence-electron chi connectivity index (χ0n) is 10.2. The van der Waals surface area contributed by atoms with Crippen molar-refractivity contribution >= 4 is 11.9 Å². The van der Waals surface area contributed by atoms with Gasteiger partial charge in [-0.1, -0.05) is 23.3 Å². The molecule has 0 spiro atoms. The third-order valence-electron chi connectivity index (χ3n) is 3.36. The van der Waals surface area contributed by atoms with Crippen molar-refractivity contribution in [3.63, 3.8) is 0 Å². The number of para-hydroxylation sites is 1. The molecule has 7 heteroatoms. The largest absolute Gasteiger partial charge is 0.481 e. The first-order valence-corrected chi connectivity index (χ1v) is 6.02. The van der Waals surface area contributed by atoms with Crippen LogP contribution in [-0.2, 0) is 4.79 Å². The second-order valence-corrected chi connectivity index (χ2v) is 4.69. The highest BCUT2D eigenvalue weighted by Crippen LogP contribution is 2.45. The average Bonchev–Trinajstić information content (AvgIpc) is 3.09. The predicted octanol–water partition coefficient (Wildman–Crippen LogP) is 0.939. The molecule has 1 heterocycles. The minimum Gasteiger partial charge on any atom is -0.481 e. The van der Waals surface area contributed by atoms with E-state index in [2.05, 4.69) is 20.8 Å². The topological polar surface area (TPSA) is 92.9 Å². The van der Waals surface area contributed by atoms with Crippen LogP contribution in [0.15, 0.2) is 30.3 Å². The number of nitrogens with zero attached hydrogens (tertiary/aromatic N) is 4. The fourth-order valence-corrected chi connectivity index (χ4v) is 1.91. The number of nitrogens with one attached hydrogen (secondary N) is 1. The van der Waals surface area contributed by atoms with Crippen LogP contribution < -0.4 is 5.32 Å². The van der Waals surface area contributed by atoms with Gasteiger partial charge in [0.1, 0.15) is 0 Å². The molecule has 98 valence electrons. The maximum Gasteiger partial charge on any atom is 0.311 e. The molecule has 0 bridgehead atoms. The molecular formula is C12H13N5O2. The summed E-state index contributed by atoms with van der Waals surface area (Å²) in [7, 11) is 0. The predicted molar refractivity (Wildman–Crippen MR) is 66.9 cm³/mol. The minimum absolute atomic E-state index is 0.343. The van der Waals surface area contributed by atoms with Gasteiger partial charge in [-0.2, -0.15) is 4.68 Å². The van der Waals surface area contributed by atoms with Gasteiger partial charge < -0.3 is 10.4 Å². The molecule has 0 saturated heterocycles. The Balaban J connectivity index is 1.77. The monoisotopic (exact) mass is 259 g/mol. The highest BCUT2D eigenvalue weighted by Gasteiger charge is 2.50. The van der Waals surface area contributed by atoms with Gasteiger partial charge in [0.15, 0.2) is 0 Å². The summed E-state index contributed by atoms with van der Waals surface area (Å²) in [5.41, 5.74) is 0.183. The van der Waals surface area contributed by atoms with Crippen LogP contribution in [0.1, 0.15) is 12.8 Å². The molecule has 7 nitrogen and oxygen atoms in total. The minimum atomic E-state index is -0.765. The van der Waals surface area contributed by atoms with E-state index in [-0.39, 0.29) is 0 Å². The average molecular weight is 259 g/mol. The molecule has 1 aliphatic rings. The van der Waals surface area contributed by atoms with Gasteiger partial charge in [-0.3, -0.25) is 4.79 Å². The van der Waals surface area contributed by atoms with Crippen LogP contribution in [0, 0.1) is 5.41 Å². The summed E-state index contributed by atoms with van der Waals surface area (Å²) < 4.78 is 1.55. The highest BCUT2D eigenvalue weighted by molar-refractivity contribution is 5.78. The third kappa shape index (κ3) is 2.14. The Morgan fingerprint density at radius 1 is 1.37 bits per heavy atom. The zero-order valence-corrected chi connectivity index (χ0v) is 10.2. The molecule has 0 radical (unpaired) electrons. The van der Waals surface area contributed by atoms with Gasteiger partial charge in [-0.25, -0.2) is 0 Å². The third-order valence-corrected chi connectivity index (χ3v) is 3.36. The van der Waals surface area contributed by atoms with Crippen molar-refractivity contribution in [3.8, 4) is 5.69 Å². The second kappa shape index (κ2) is 4.34.